The summed E-state index contributed by atoms with van der Waals surface area (Å²) in [5.41, 5.74) is 5.76. The number of amidine groups is 1. The molecular formula is C13H29N7. The number of hydrazine groups is 2. The smallest absolute Gasteiger partial charge is 0.115 e. The average molecular weight is 283 g/mol. The predicted octanol–water partition coefficient (Wildman–Crippen LogP) is 0.920. The van der Waals surface area contributed by atoms with Crippen molar-refractivity contribution in [2.75, 3.05) is 6.54 Å². The standard InChI is InChI=1S/C13H29N7/c1-5-12(6-2)20(7-3)19-11(4)16-10-17-13(14)8-9-18-15/h7,10-12,18-19H,3,5-6,8-9,15H2,1-2,4H3,(H2,14,16,17). The zero-order valence-corrected chi connectivity index (χ0v) is 12.8. The predicted molar refractivity (Wildman–Crippen MR) is 85.2 cm³/mol. The maximum absolute atomic E-state index is 7.60. The van der Waals surface area contributed by atoms with E-state index in [4.69, 9.17) is 11.3 Å². The molecule has 0 saturated heterocycles. The topological polar surface area (TPSA) is 102 Å². The summed E-state index contributed by atoms with van der Waals surface area (Å²) in [6, 6.07) is 0.409. The first-order valence-corrected chi connectivity index (χ1v) is 7.05. The van der Waals surface area contributed by atoms with E-state index in [0.717, 1.165) is 12.8 Å². The Labute approximate surface area is 122 Å². The summed E-state index contributed by atoms with van der Waals surface area (Å²) in [5, 5.41) is 12.4. The highest BCUT2D eigenvalue weighted by Gasteiger charge is 2.12. The second kappa shape index (κ2) is 11.4. The van der Waals surface area contributed by atoms with Crippen molar-refractivity contribution in [3.8, 4) is 0 Å². The van der Waals surface area contributed by atoms with Crippen LogP contribution < -0.4 is 22.0 Å². The Kier molecular flexibility index (Phi) is 10.6. The molecule has 0 heterocycles. The van der Waals surface area contributed by atoms with Gasteiger partial charge < -0.3 is 10.3 Å². The first-order chi connectivity index (χ1) is 9.58. The van der Waals surface area contributed by atoms with Gasteiger partial charge in [0, 0.05) is 25.2 Å². The molecule has 0 bridgehead atoms. The van der Waals surface area contributed by atoms with Crippen molar-refractivity contribution < 1.29 is 0 Å². The van der Waals surface area contributed by atoms with Crippen LogP contribution in [-0.4, -0.2) is 35.9 Å². The van der Waals surface area contributed by atoms with Crippen LogP contribution in [0.2, 0.25) is 0 Å². The van der Waals surface area contributed by atoms with Gasteiger partial charge in [-0.15, -0.1) is 0 Å². The van der Waals surface area contributed by atoms with Crippen LogP contribution in [0.25, 0.3) is 0 Å². The van der Waals surface area contributed by atoms with Gasteiger partial charge in [-0.1, -0.05) is 20.4 Å². The van der Waals surface area contributed by atoms with E-state index in [1.165, 1.54) is 6.34 Å². The minimum atomic E-state index is -0.0958. The quantitative estimate of drug-likeness (QED) is 0.168. The lowest BCUT2D eigenvalue weighted by atomic mass is 10.2. The number of aliphatic imine (C=N–C) groups is 1. The van der Waals surface area contributed by atoms with Gasteiger partial charge in [0.05, 0.1) is 12.2 Å². The minimum Gasteiger partial charge on any atom is -0.335 e. The fourth-order valence-corrected chi connectivity index (χ4v) is 1.73. The molecule has 0 aliphatic heterocycles. The van der Waals surface area contributed by atoms with Crippen LogP contribution in [0.15, 0.2) is 17.8 Å². The summed E-state index contributed by atoms with van der Waals surface area (Å²) in [5.74, 6) is 5.52. The molecule has 6 N–H and O–H groups in total. The third-order valence-corrected chi connectivity index (χ3v) is 2.92. The van der Waals surface area contributed by atoms with Gasteiger partial charge in [-0.3, -0.25) is 21.7 Å². The molecule has 7 nitrogen and oxygen atoms in total. The Hall–Kier alpha value is -1.44. The Morgan fingerprint density at radius 3 is 2.60 bits per heavy atom. The molecule has 0 fully saturated rings. The highest BCUT2D eigenvalue weighted by molar-refractivity contribution is 5.89. The zero-order chi connectivity index (χ0) is 15.4. The zero-order valence-electron chi connectivity index (χ0n) is 12.8. The molecule has 0 spiro atoms. The number of nitrogens with two attached hydrogens (primary N) is 1. The highest BCUT2D eigenvalue weighted by atomic mass is 15.5. The number of rotatable bonds is 11. The Balaban J connectivity index is 4.15. The summed E-state index contributed by atoms with van der Waals surface area (Å²) in [6.45, 7) is 10.6. The lowest BCUT2D eigenvalue weighted by Crippen LogP contribution is -2.45. The van der Waals surface area contributed by atoms with Crippen LogP contribution in [0, 0.1) is 5.41 Å². The van der Waals surface area contributed by atoms with Gasteiger partial charge in [-0.2, -0.15) is 0 Å². The van der Waals surface area contributed by atoms with E-state index in [0.29, 0.717) is 24.8 Å². The maximum atomic E-state index is 7.60. The summed E-state index contributed by atoms with van der Waals surface area (Å²) >= 11 is 0. The first-order valence-electron chi connectivity index (χ1n) is 7.05. The molecule has 1 unspecified atom stereocenters. The van der Waals surface area contributed by atoms with Crippen molar-refractivity contribution >= 4 is 12.2 Å². The monoisotopic (exact) mass is 283 g/mol. The second-order valence-corrected chi connectivity index (χ2v) is 4.47. The van der Waals surface area contributed by atoms with Crippen LogP contribution >= 0.6 is 0 Å². The molecule has 20 heavy (non-hydrogen) atoms. The van der Waals surface area contributed by atoms with E-state index in [1.54, 1.807) is 6.20 Å². The van der Waals surface area contributed by atoms with E-state index in [-0.39, 0.29) is 6.17 Å². The molecule has 0 aliphatic carbocycles. The minimum absolute atomic E-state index is 0.0958. The van der Waals surface area contributed by atoms with Crippen molar-refractivity contribution in [1.82, 2.24) is 21.2 Å². The van der Waals surface area contributed by atoms with E-state index >= 15 is 0 Å². The molecule has 0 aliphatic rings. The van der Waals surface area contributed by atoms with Crippen molar-refractivity contribution in [1.29, 1.82) is 5.41 Å². The van der Waals surface area contributed by atoms with Gasteiger partial charge in [0.15, 0.2) is 0 Å². The number of hydrogen-bond acceptors (Lipinski definition) is 6. The molecule has 1 atom stereocenters. The van der Waals surface area contributed by atoms with Gasteiger partial charge >= 0.3 is 0 Å². The van der Waals surface area contributed by atoms with E-state index in [1.807, 2.05) is 11.9 Å². The third kappa shape index (κ3) is 7.88. The normalized spacial score (nSPS) is 12.7. The van der Waals surface area contributed by atoms with E-state index in [2.05, 4.69) is 41.6 Å². The average Bonchev–Trinajstić information content (AvgIpc) is 2.45. The lowest BCUT2D eigenvalue weighted by molar-refractivity contribution is 0.164. The summed E-state index contributed by atoms with van der Waals surface area (Å²) in [4.78, 5) is 4.28. The van der Waals surface area contributed by atoms with Crippen LogP contribution in [0.3, 0.4) is 0 Å². The van der Waals surface area contributed by atoms with E-state index in [9.17, 15) is 0 Å². The highest BCUT2D eigenvalue weighted by Crippen LogP contribution is 2.06. The van der Waals surface area contributed by atoms with Crippen LogP contribution in [0.4, 0.5) is 0 Å². The lowest BCUT2D eigenvalue weighted by Gasteiger charge is -2.31. The fraction of sp³-hybridized carbons (Fsp3) is 0.692. The summed E-state index contributed by atoms with van der Waals surface area (Å²) in [6.07, 6.45) is 5.84. The SMILES string of the molecule is C=CN(NC(C)N=CNC(=N)CCNN)C(CC)CC. The van der Waals surface area contributed by atoms with Crippen molar-refractivity contribution in [2.45, 2.75) is 52.2 Å². The molecule has 0 rings (SSSR count). The van der Waals surface area contributed by atoms with Crippen LogP contribution in [0.1, 0.15) is 40.0 Å². The largest absolute Gasteiger partial charge is 0.335 e. The maximum Gasteiger partial charge on any atom is 0.115 e. The molecule has 0 aromatic rings. The van der Waals surface area contributed by atoms with Crippen molar-refractivity contribution in [3.63, 3.8) is 0 Å². The number of nitrogens with zero attached hydrogens (tertiary/aromatic N) is 2. The molecule has 0 amide bonds. The molecule has 0 saturated carbocycles. The Morgan fingerprint density at radius 1 is 1.45 bits per heavy atom. The summed E-state index contributed by atoms with van der Waals surface area (Å²) in [7, 11) is 0. The van der Waals surface area contributed by atoms with Crippen molar-refractivity contribution in [2.24, 2.45) is 10.8 Å². The first kappa shape index (κ1) is 18.6. The van der Waals surface area contributed by atoms with Crippen molar-refractivity contribution in [3.05, 3.63) is 12.8 Å². The van der Waals surface area contributed by atoms with E-state index < -0.39 is 0 Å². The molecule has 0 radical (unpaired) electrons. The second-order valence-electron chi connectivity index (χ2n) is 4.47. The molecule has 0 aromatic heterocycles. The van der Waals surface area contributed by atoms with Crippen LogP contribution in [-0.2, 0) is 0 Å². The van der Waals surface area contributed by atoms with Crippen LogP contribution in [0.5, 0.6) is 0 Å². The summed E-state index contributed by atoms with van der Waals surface area (Å²) < 4.78 is 0. The number of nitrogens with one attached hydrogen (secondary N) is 4. The van der Waals surface area contributed by atoms with Gasteiger partial charge in [0.25, 0.3) is 0 Å². The Bertz CT molecular complexity index is 299. The molecule has 7 heteroatoms. The Morgan fingerprint density at radius 2 is 2.10 bits per heavy atom. The van der Waals surface area contributed by atoms with Gasteiger partial charge in [0.2, 0.25) is 0 Å². The third-order valence-electron chi connectivity index (χ3n) is 2.92. The number of hydrogen-bond donors (Lipinski definition) is 5. The fourth-order valence-electron chi connectivity index (χ4n) is 1.73. The van der Waals surface area contributed by atoms with Gasteiger partial charge in [-0.25, -0.2) is 5.43 Å². The molecule has 116 valence electrons. The van der Waals surface area contributed by atoms with Gasteiger partial charge in [0.1, 0.15) is 6.17 Å². The molecule has 0 aromatic carbocycles. The molecular weight excluding hydrogens is 254 g/mol. The van der Waals surface area contributed by atoms with Gasteiger partial charge in [-0.05, 0) is 19.8 Å².